The molecule has 0 radical (unpaired) electrons. The highest BCUT2D eigenvalue weighted by Crippen LogP contribution is 2.51. The van der Waals surface area contributed by atoms with E-state index in [1.165, 1.54) is 24.2 Å². The Morgan fingerprint density at radius 2 is 1.91 bits per heavy atom. The Hall–Kier alpha value is -4.23. The maximum absolute atomic E-state index is 14.2. The molecular weight excluding hydrogens is 584 g/mol. The molecule has 2 heterocycles. The molecule has 0 bridgehead atoms. The Labute approximate surface area is 259 Å². The van der Waals surface area contributed by atoms with Crippen molar-refractivity contribution in [2.45, 2.75) is 57.1 Å². The fourth-order valence-electron chi connectivity index (χ4n) is 5.92. The van der Waals surface area contributed by atoms with Crippen LogP contribution >= 0.6 is 0 Å². The van der Waals surface area contributed by atoms with Crippen LogP contribution in [0.1, 0.15) is 47.7 Å². The molecule has 240 valence electrons. The number of ether oxygens (including phenoxy) is 3. The van der Waals surface area contributed by atoms with E-state index in [0.29, 0.717) is 46.6 Å². The maximum atomic E-state index is 14.2. The van der Waals surface area contributed by atoms with Gasteiger partial charge in [0.1, 0.15) is 23.4 Å². The Morgan fingerprint density at radius 1 is 1.13 bits per heavy atom. The Morgan fingerprint density at radius 3 is 2.62 bits per heavy atom. The van der Waals surface area contributed by atoms with Crippen molar-refractivity contribution in [1.82, 2.24) is 10.2 Å². The summed E-state index contributed by atoms with van der Waals surface area (Å²) in [7, 11) is 1.45. The fraction of sp³-hybridized carbons (Fsp3) is 0.424. The van der Waals surface area contributed by atoms with Gasteiger partial charge >= 0.3 is 5.63 Å². The van der Waals surface area contributed by atoms with E-state index in [1.54, 1.807) is 36.4 Å². The van der Waals surface area contributed by atoms with Crippen LogP contribution in [0, 0.1) is 0 Å². The molecule has 1 aliphatic carbocycles. The van der Waals surface area contributed by atoms with Gasteiger partial charge in [-0.25, -0.2) is 4.79 Å². The molecule has 2 aliphatic rings. The number of aliphatic hydroxyl groups excluding tert-OH is 3. The van der Waals surface area contributed by atoms with Gasteiger partial charge in [0.25, 0.3) is 5.91 Å². The van der Waals surface area contributed by atoms with Crippen LogP contribution in [-0.4, -0.2) is 89.8 Å². The van der Waals surface area contributed by atoms with E-state index in [0.717, 1.165) is 0 Å². The first-order chi connectivity index (χ1) is 21.7. The molecule has 1 aromatic heterocycles. The smallest absolute Gasteiger partial charge is 0.349 e. The highest BCUT2D eigenvalue weighted by Gasteiger charge is 2.51. The first-order valence-corrected chi connectivity index (χ1v) is 14.9. The summed E-state index contributed by atoms with van der Waals surface area (Å²) in [6.45, 7) is 3.54. The second-order valence-corrected chi connectivity index (χ2v) is 11.3. The molecule has 4 atom stereocenters. The maximum Gasteiger partial charge on any atom is 0.349 e. The predicted molar refractivity (Wildman–Crippen MR) is 163 cm³/mol. The van der Waals surface area contributed by atoms with Crippen LogP contribution in [0.5, 0.6) is 11.5 Å². The summed E-state index contributed by atoms with van der Waals surface area (Å²) < 4.78 is 22.9. The topological polar surface area (TPSA) is 168 Å². The number of para-hydroxylation sites is 1. The number of methoxy groups -OCH3 is 1. The van der Waals surface area contributed by atoms with Crippen molar-refractivity contribution in [3.63, 3.8) is 0 Å². The normalized spacial score (nSPS) is 20.3. The van der Waals surface area contributed by atoms with Crippen molar-refractivity contribution in [3.05, 3.63) is 81.2 Å². The van der Waals surface area contributed by atoms with Gasteiger partial charge in [-0.2, -0.15) is 0 Å². The van der Waals surface area contributed by atoms with E-state index in [1.807, 2.05) is 13.8 Å². The summed E-state index contributed by atoms with van der Waals surface area (Å²) in [6.07, 6.45) is -0.536. The molecule has 5 rings (SSSR count). The van der Waals surface area contributed by atoms with Crippen LogP contribution in [0.3, 0.4) is 0 Å². The van der Waals surface area contributed by atoms with Crippen molar-refractivity contribution in [1.29, 1.82) is 0 Å². The summed E-state index contributed by atoms with van der Waals surface area (Å²) >= 11 is 0. The van der Waals surface area contributed by atoms with Crippen LogP contribution < -0.4 is 20.4 Å². The number of carbonyl (C=O) groups is 2. The minimum atomic E-state index is -1.35. The molecule has 12 heteroatoms. The lowest BCUT2D eigenvalue weighted by atomic mass is 9.77. The number of nitrogens with zero attached hydrogens (tertiary/aromatic N) is 1. The number of hydrogen-bond donors (Lipinski definition) is 4. The van der Waals surface area contributed by atoms with Gasteiger partial charge in [-0.15, -0.1) is 0 Å². The molecule has 45 heavy (non-hydrogen) atoms. The molecule has 1 aliphatic heterocycles. The molecule has 0 saturated heterocycles. The first-order valence-electron chi connectivity index (χ1n) is 14.9. The number of hydrogen-bond acceptors (Lipinski definition) is 10. The third-order valence-electron chi connectivity index (χ3n) is 7.98. The number of fused-ring (bicyclic) bond motifs is 4. The minimum absolute atomic E-state index is 0.0260. The van der Waals surface area contributed by atoms with Gasteiger partial charge in [0, 0.05) is 36.2 Å². The van der Waals surface area contributed by atoms with Crippen LogP contribution in [0.2, 0.25) is 0 Å². The predicted octanol–water partition coefficient (Wildman–Crippen LogP) is 1.87. The van der Waals surface area contributed by atoms with Gasteiger partial charge < -0.3 is 44.2 Å². The standard InChI is InChI=1S/C33H38N2O10/c1-18(2)43-12-6-10-35(32(40)23-15-20-7-4-5-8-25(20)44-33(23)41)24-16-22(31(39)34-9-11-36)27-21-13-19(17-37)14-26(42-3)29(21)45-30(27)28(24)38/h4-5,7-8,13-16,18,24,27-28,30,36-38H,6,9-12,17H2,1-3H3,(H,34,39). The Bertz CT molecular complexity index is 1650. The third kappa shape index (κ3) is 6.45. The summed E-state index contributed by atoms with van der Waals surface area (Å²) in [4.78, 5) is 42.2. The average Bonchev–Trinajstić information content (AvgIpc) is 3.43. The van der Waals surface area contributed by atoms with Crippen LogP contribution in [-0.2, 0) is 16.1 Å². The van der Waals surface area contributed by atoms with E-state index in [2.05, 4.69) is 5.32 Å². The minimum Gasteiger partial charge on any atom is -0.493 e. The van der Waals surface area contributed by atoms with Gasteiger partial charge in [-0.3, -0.25) is 9.59 Å². The Kier molecular flexibility index (Phi) is 9.88. The SMILES string of the molecule is COc1cc(CO)cc2c1OC1C2C(C(=O)NCCO)=CC(N(CCCOC(C)C)C(=O)c2cc3ccccc3oc2=O)C1O. The summed E-state index contributed by atoms with van der Waals surface area (Å²) in [6, 6.07) is 10.5. The van der Waals surface area contributed by atoms with E-state index in [-0.39, 0.29) is 43.5 Å². The summed E-state index contributed by atoms with van der Waals surface area (Å²) in [5.41, 5.74) is 0.517. The zero-order valence-electron chi connectivity index (χ0n) is 25.4. The van der Waals surface area contributed by atoms with E-state index >= 15 is 0 Å². The number of nitrogens with one attached hydrogen (secondary N) is 1. The molecule has 4 N–H and O–H groups in total. The van der Waals surface area contributed by atoms with Crippen molar-refractivity contribution >= 4 is 22.8 Å². The average molecular weight is 623 g/mol. The third-order valence-corrected chi connectivity index (χ3v) is 7.98. The van der Waals surface area contributed by atoms with Gasteiger partial charge in [-0.05, 0) is 56.2 Å². The number of carbonyl (C=O) groups excluding carboxylic acids is 2. The van der Waals surface area contributed by atoms with Gasteiger partial charge in [-0.1, -0.05) is 18.2 Å². The molecule has 3 aromatic rings. The Balaban J connectivity index is 1.60. The second-order valence-electron chi connectivity index (χ2n) is 11.3. The van der Waals surface area contributed by atoms with E-state index in [4.69, 9.17) is 18.6 Å². The summed E-state index contributed by atoms with van der Waals surface area (Å²) in [5.74, 6) is -1.37. The molecule has 0 spiro atoms. The van der Waals surface area contributed by atoms with E-state index < -0.39 is 41.6 Å². The molecule has 4 unspecified atom stereocenters. The molecule has 12 nitrogen and oxygen atoms in total. The summed E-state index contributed by atoms with van der Waals surface area (Å²) in [5, 5.41) is 34.4. The van der Waals surface area contributed by atoms with Gasteiger partial charge in [0.05, 0.1) is 38.4 Å². The first kappa shape index (κ1) is 32.2. The fourth-order valence-corrected chi connectivity index (χ4v) is 5.92. The zero-order valence-corrected chi connectivity index (χ0v) is 25.4. The number of benzene rings is 2. The van der Waals surface area contributed by atoms with Crippen molar-refractivity contribution in [3.8, 4) is 11.5 Å². The quantitative estimate of drug-likeness (QED) is 0.173. The molecule has 0 saturated carbocycles. The zero-order chi connectivity index (χ0) is 32.2. The van der Waals surface area contributed by atoms with Crippen molar-refractivity contribution < 1.29 is 43.5 Å². The molecule has 2 amide bonds. The van der Waals surface area contributed by atoms with Crippen LogP contribution in [0.4, 0.5) is 0 Å². The number of amides is 2. The lowest BCUT2D eigenvalue weighted by Crippen LogP contribution is -2.56. The van der Waals surface area contributed by atoms with Gasteiger partial charge in [0.2, 0.25) is 5.91 Å². The molecule has 2 aromatic carbocycles. The largest absolute Gasteiger partial charge is 0.493 e. The lowest BCUT2D eigenvalue weighted by Gasteiger charge is -2.40. The highest BCUT2D eigenvalue weighted by molar-refractivity contribution is 5.98. The second kappa shape index (κ2) is 13.8. The molecular formula is C33H38N2O10. The van der Waals surface area contributed by atoms with Crippen LogP contribution in [0.15, 0.2) is 63.3 Å². The number of aliphatic hydroxyl groups is 3. The van der Waals surface area contributed by atoms with Crippen molar-refractivity contribution in [2.75, 3.05) is 33.4 Å². The number of rotatable bonds is 12. The lowest BCUT2D eigenvalue weighted by molar-refractivity contribution is -0.118. The highest BCUT2D eigenvalue weighted by atomic mass is 16.5. The monoisotopic (exact) mass is 622 g/mol. The van der Waals surface area contributed by atoms with Crippen molar-refractivity contribution in [2.24, 2.45) is 0 Å². The van der Waals surface area contributed by atoms with Gasteiger partial charge in [0.15, 0.2) is 11.5 Å². The van der Waals surface area contributed by atoms with Crippen LogP contribution in [0.25, 0.3) is 11.0 Å². The van der Waals surface area contributed by atoms with E-state index in [9.17, 15) is 29.7 Å². The molecule has 0 fully saturated rings.